The molecule has 0 aromatic carbocycles. The Morgan fingerprint density at radius 2 is 1.76 bits per heavy atom. The largest absolute Gasteiger partial charge is 0.469 e. The molecule has 1 aromatic heterocycles. The molecule has 9 heteroatoms. The van der Waals surface area contributed by atoms with E-state index in [2.05, 4.69) is 0 Å². The third kappa shape index (κ3) is 3.16. The summed E-state index contributed by atoms with van der Waals surface area (Å²) in [6.07, 6.45) is -0.784. The van der Waals surface area contributed by atoms with Crippen LogP contribution in [0.15, 0.2) is 16.7 Å². The average Bonchev–Trinajstić information content (AvgIpc) is 3.23. The average molecular weight is 479 g/mol. The van der Waals surface area contributed by atoms with Crippen LogP contribution in [-0.4, -0.2) is 59.1 Å². The van der Waals surface area contributed by atoms with Crippen molar-refractivity contribution < 1.29 is 43.2 Å². The molecule has 3 aliphatic carbocycles. The molecule has 0 bridgehead atoms. The van der Waals surface area contributed by atoms with Gasteiger partial charge in [-0.25, -0.2) is 0 Å². The molecule has 0 saturated heterocycles. The highest BCUT2D eigenvalue weighted by Gasteiger charge is 2.77. The molecule has 0 radical (unpaired) electrons. The maximum Gasteiger partial charge on any atom is 0.313 e. The van der Waals surface area contributed by atoms with Gasteiger partial charge in [-0.05, 0) is 30.2 Å². The zero-order valence-electron chi connectivity index (χ0n) is 20.5. The van der Waals surface area contributed by atoms with Crippen molar-refractivity contribution in [3.8, 4) is 0 Å². The molecule has 0 unspecified atom stereocenters. The van der Waals surface area contributed by atoms with E-state index < -0.39 is 70.4 Å². The first-order chi connectivity index (χ1) is 15.8. The van der Waals surface area contributed by atoms with E-state index in [4.69, 9.17) is 18.6 Å². The van der Waals surface area contributed by atoms with Crippen LogP contribution in [0.25, 0.3) is 0 Å². The maximum atomic E-state index is 13.2. The summed E-state index contributed by atoms with van der Waals surface area (Å²) in [4.78, 5) is 37.8. The lowest BCUT2D eigenvalue weighted by Crippen LogP contribution is -2.80. The molecule has 1 aromatic rings. The first-order valence-corrected chi connectivity index (χ1v) is 11.7. The first-order valence-electron chi connectivity index (χ1n) is 11.7. The number of ether oxygens (including phenoxy) is 3. The topological polar surface area (TPSA) is 133 Å². The Morgan fingerprint density at radius 3 is 2.35 bits per heavy atom. The van der Waals surface area contributed by atoms with Gasteiger partial charge in [0.15, 0.2) is 6.10 Å². The molecule has 188 valence electrons. The minimum absolute atomic E-state index is 0.303. The number of methoxy groups -OCH3 is 1. The summed E-state index contributed by atoms with van der Waals surface area (Å²) in [6, 6.07) is 1.68. The SMILES string of the molecule is COC(=O)[C@@H]1c2ccoc2C[C@H]2[C@H]1[C@@H](OC(C)=O)[C@H](OC(C)=O)[C@@]1(O)C(C)(C)CC[C@H](O)[C@]21C. The second kappa shape index (κ2) is 8.09. The molecule has 2 N–H and O–H groups in total. The van der Waals surface area contributed by atoms with Gasteiger partial charge in [-0.1, -0.05) is 20.8 Å². The second-order valence-corrected chi connectivity index (χ2v) is 10.8. The molecule has 1 heterocycles. The summed E-state index contributed by atoms with van der Waals surface area (Å²) in [6.45, 7) is 7.95. The Hall–Kier alpha value is -2.39. The smallest absolute Gasteiger partial charge is 0.313 e. The van der Waals surface area contributed by atoms with Gasteiger partial charge >= 0.3 is 17.9 Å². The molecule has 4 rings (SSSR count). The number of esters is 3. The molecule has 2 fully saturated rings. The van der Waals surface area contributed by atoms with Crippen LogP contribution in [0, 0.1) is 22.7 Å². The number of carbonyl (C=O) groups excluding carboxylic acids is 3. The lowest BCUT2D eigenvalue weighted by Gasteiger charge is -2.69. The van der Waals surface area contributed by atoms with Gasteiger partial charge in [0.05, 0.1) is 25.4 Å². The van der Waals surface area contributed by atoms with E-state index in [1.54, 1.807) is 13.0 Å². The van der Waals surface area contributed by atoms with Crippen LogP contribution >= 0.6 is 0 Å². The fraction of sp³-hybridized carbons (Fsp3) is 0.720. The summed E-state index contributed by atoms with van der Waals surface area (Å²) >= 11 is 0. The van der Waals surface area contributed by atoms with Crippen molar-refractivity contribution >= 4 is 17.9 Å². The van der Waals surface area contributed by atoms with Crippen LogP contribution in [0.1, 0.15) is 64.7 Å². The van der Waals surface area contributed by atoms with E-state index in [1.165, 1.54) is 27.2 Å². The summed E-state index contributed by atoms with van der Waals surface area (Å²) in [5, 5.41) is 24.0. The highest BCUT2D eigenvalue weighted by atomic mass is 16.6. The van der Waals surface area contributed by atoms with Crippen molar-refractivity contribution in [1.29, 1.82) is 0 Å². The summed E-state index contributed by atoms with van der Waals surface area (Å²) in [5.74, 6) is -3.49. The van der Waals surface area contributed by atoms with E-state index in [9.17, 15) is 24.6 Å². The Labute approximate surface area is 198 Å². The van der Waals surface area contributed by atoms with Gasteiger partial charge in [0.25, 0.3) is 0 Å². The number of hydrogen-bond donors (Lipinski definition) is 2. The number of aliphatic hydroxyl groups is 2. The Kier molecular flexibility index (Phi) is 5.88. The first kappa shape index (κ1) is 24.7. The Morgan fingerprint density at radius 1 is 1.12 bits per heavy atom. The highest BCUT2D eigenvalue weighted by molar-refractivity contribution is 5.80. The standard InChI is InChI=1S/C25H34O9/c1-12(26)33-20-19-15(11-16-14(8-10-32-16)18(19)22(29)31-6)24(5)17(28)7-9-23(3,4)25(24,30)21(20)34-13(2)27/h8,10,15,17-21,28,30H,7,9,11H2,1-6H3/t15-,17-,18+,19+,20+,21-,24-,25+/m0/s1. The van der Waals surface area contributed by atoms with E-state index in [0.717, 1.165) is 0 Å². The summed E-state index contributed by atoms with van der Waals surface area (Å²) in [5.41, 5.74) is -3.23. The van der Waals surface area contributed by atoms with Crippen molar-refractivity contribution in [2.45, 2.75) is 83.7 Å². The molecule has 34 heavy (non-hydrogen) atoms. The van der Waals surface area contributed by atoms with Gasteiger partial charge < -0.3 is 28.8 Å². The highest BCUT2D eigenvalue weighted by Crippen LogP contribution is 2.67. The summed E-state index contributed by atoms with van der Waals surface area (Å²) in [7, 11) is 1.27. The summed E-state index contributed by atoms with van der Waals surface area (Å²) < 4.78 is 22.4. The predicted molar refractivity (Wildman–Crippen MR) is 117 cm³/mol. The number of furan rings is 1. The van der Waals surface area contributed by atoms with Crippen LogP contribution in [0.3, 0.4) is 0 Å². The molecule has 9 nitrogen and oxygen atoms in total. The molecular weight excluding hydrogens is 444 g/mol. The van der Waals surface area contributed by atoms with Crippen LogP contribution in [-0.2, 0) is 35.0 Å². The van der Waals surface area contributed by atoms with E-state index in [-0.39, 0.29) is 0 Å². The Balaban J connectivity index is 2.04. The molecule has 0 amide bonds. The third-order valence-electron chi connectivity index (χ3n) is 8.87. The quantitative estimate of drug-likeness (QED) is 0.495. The number of aliphatic hydroxyl groups excluding tert-OH is 1. The number of carbonyl (C=O) groups is 3. The van der Waals surface area contributed by atoms with E-state index in [0.29, 0.717) is 30.6 Å². The maximum absolute atomic E-state index is 13.2. The lowest BCUT2D eigenvalue weighted by atomic mass is 9.39. The van der Waals surface area contributed by atoms with Gasteiger partial charge in [-0.15, -0.1) is 0 Å². The second-order valence-electron chi connectivity index (χ2n) is 10.8. The third-order valence-corrected chi connectivity index (χ3v) is 8.87. The molecule has 2 saturated carbocycles. The van der Waals surface area contributed by atoms with Crippen molar-refractivity contribution in [2.75, 3.05) is 7.11 Å². The van der Waals surface area contributed by atoms with Gasteiger partial charge in [0.1, 0.15) is 17.5 Å². The predicted octanol–water partition coefficient (Wildman–Crippen LogP) is 2.12. The van der Waals surface area contributed by atoms with Gasteiger partial charge in [-0.3, -0.25) is 14.4 Å². The Bertz CT molecular complexity index is 996. The minimum atomic E-state index is -1.78. The normalized spacial score (nSPS) is 40.2. The van der Waals surface area contributed by atoms with Crippen molar-refractivity contribution in [1.82, 2.24) is 0 Å². The molecular formula is C25H34O9. The number of fused-ring (bicyclic) bond motifs is 4. The zero-order chi connectivity index (χ0) is 25.2. The number of rotatable bonds is 3. The zero-order valence-corrected chi connectivity index (χ0v) is 20.5. The van der Waals surface area contributed by atoms with E-state index >= 15 is 0 Å². The van der Waals surface area contributed by atoms with Crippen molar-refractivity contribution in [3.63, 3.8) is 0 Å². The minimum Gasteiger partial charge on any atom is -0.469 e. The van der Waals surface area contributed by atoms with Crippen molar-refractivity contribution in [3.05, 3.63) is 23.7 Å². The van der Waals surface area contributed by atoms with Crippen LogP contribution in [0.5, 0.6) is 0 Å². The number of hydrogen-bond acceptors (Lipinski definition) is 9. The fourth-order valence-electron chi connectivity index (χ4n) is 7.31. The molecule has 0 aliphatic heterocycles. The van der Waals surface area contributed by atoms with Gasteiger partial charge in [0, 0.05) is 37.2 Å². The van der Waals surface area contributed by atoms with Crippen LogP contribution in [0.4, 0.5) is 0 Å². The van der Waals surface area contributed by atoms with Crippen molar-refractivity contribution in [2.24, 2.45) is 22.7 Å². The van der Waals surface area contributed by atoms with E-state index in [1.807, 2.05) is 13.8 Å². The molecule has 3 aliphatic rings. The molecule has 0 spiro atoms. The lowest BCUT2D eigenvalue weighted by molar-refractivity contribution is -0.338. The van der Waals surface area contributed by atoms with Crippen LogP contribution in [0.2, 0.25) is 0 Å². The van der Waals surface area contributed by atoms with Crippen LogP contribution < -0.4 is 0 Å². The van der Waals surface area contributed by atoms with Gasteiger partial charge in [0.2, 0.25) is 0 Å². The molecule has 8 atom stereocenters. The monoisotopic (exact) mass is 478 g/mol. The fourth-order valence-corrected chi connectivity index (χ4v) is 7.31. The van der Waals surface area contributed by atoms with Gasteiger partial charge in [-0.2, -0.15) is 0 Å².